The molecule has 1 atom stereocenters. The molecule has 0 aliphatic heterocycles. The standard InChI is InChI=1S/C13H24N2OS/c1-12(10-14-7-5-8-16-3)15(2)11-13-6-4-9-17-13/h4,6,9,12,14H,5,7-8,10-11H2,1-3H3. The van der Waals surface area contributed by atoms with Crippen molar-refractivity contribution in [3.8, 4) is 0 Å². The molecule has 17 heavy (non-hydrogen) atoms. The quantitative estimate of drug-likeness (QED) is 0.686. The molecular weight excluding hydrogens is 232 g/mol. The van der Waals surface area contributed by atoms with Gasteiger partial charge >= 0.3 is 0 Å². The fourth-order valence-corrected chi connectivity index (χ4v) is 2.38. The number of rotatable bonds is 9. The Morgan fingerprint density at radius 3 is 3.00 bits per heavy atom. The largest absolute Gasteiger partial charge is 0.385 e. The van der Waals surface area contributed by atoms with Gasteiger partial charge in [0.2, 0.25) is 0 Å². The van der Waals surface area contributed by atoms with Gasteiger partial charge in [0, 0.05) is 37.7 Å². The molecule has 0 aliphatic carbocycles. The zero-order valence-electron chi connectivity index (χ0n) is 11.1. The van der Waals surface area contributed by atoms with Crippen LogP contribution >= 0.6 is 11.3 Å². The van der Waals surface area contributed by atoms with E-state index in [0.717, 1.165) is 32.7 Å². The van der Waals surface area contributed by atoms with E-state index < -0.39 is 0 Å². The van der Waals surface area contributed by atoms with Crippen LogP contribution in [0.25, 0.3) is 0 Å². The summed E-state index contributed by atoms with van der Waals surface area (Å²) in [7, 11) is 3.93. The first-order chi connectivity index (χ1) is 8.24. The van der Waals surface area contributed by atoms with Crippen LogP contribution in [0.1, 0.15) is 18.2 Å². The Balaban J connectivity index is 2.11. The van der Waals surface area contributed by atoms with Crippen LogP contribution in [-0.2, 0) is 11.3 Å². The van der Waals surface area contributed by atoms with Gasteiger partial charge in [-0.3, -0.25) is 4.90 Å². The lowest BCUT2D eigenvalue weighted by Crippen LogP contribution is -2.37. The molecule has 0 radical (unpaired) electrons. The van der Waals surface area contributed by atoms with Crippen molar-refractivity contribution in [3.05, 3.63) is 22.4 Å². The maximum absolute atomic E-state index is 5.02. The average molecular weight is 256 g/mol. The molecule has 98 valence electrons. The van der Waals surface area contributed by atoms with Crippen molar-refractivity contribution >= 4 is 11.3 Å². The SMILES string of the molecule is COCCCNCC(C)N(C)Cc1cccs1. The van der Waals surface area contributed by atoms with Crippen molar-refractivity contribution in [2.24, 2.45) is 0 Å². The average Bonchev–Trinajstić information content (AvgIpc) is 2.81. The van der Waals surface area contributed by atoms with Gasteiger partial charge in [0.25, 0.3) is 0 Å². The van der Waals surface area contributed by atoms with Gasteiger partial charge in [-0.25, -0.2) is 0 Å². The molecule has 1 N–H and O–H groups in total. The van der Waals surface area contributed by atoms with Gasteiger partial charge in [-0.2, -0.15) is 0 Å². The van der Waals surface area contributed by atoms with E-state index in [-0.39, 0.29) is 0 Å². The Labute approximate surface area is 109 Å². The smallest absolute Gasteiger partial charge is 0.0474 e. The molecule has 0 amide bonds. The van der Waals surface area contributed by atoms with Gasteiger partial charge in [0.1, 0.15) is 0 Å². The van der Waals surface area contributed by atoms with Crippen LogP contribution in [0.3, 0.4) is 0 Å². The van der Waals surface area contributed by atoms with Crippen LogP contribution in [-0.4, -0.2) is 44.8 Å². The maximum Gasteiger partial charge on any atom is 0.0474 e. The molecule has 0 aliphatic rings. The summed E-state index contributed by atoms with van der Waals surface area (Å²) < 4.78 is 5.02. The Morgan fingerprint density at radius 1 is 1.53 bits per heavy atom. The number of nitrogens with one attached hydrogen (secondary N) is 1. The number of thiophene rings is 1. The normalized spacial score (nSPS) is 13.2. The Hall–Kier alpha value is -0.420. The van der Waals surface area contributed by atoms with Crippen molar-refractivity contribution in [2.45, 2.75) is 25.9 Å². The fraction of sp³-hybridized carbons (Fsp3) is 0.692. The minimum atomic E-state index is 0.555. The molecule has 4 heteroatoms. The fourth-order valence-electron chi connectivity index (χ4n) is 1.61. The maximum atomic E-state index is 5.02. The summed E-state index contributed by atoms with van der Waals surface area (Å²) in [5.74, 6) is 0. The molecule has 0 aromatic carbocycles. The lowest BCUT2D eigenvalue weighted by atomic mass is 10.2. The van der Waals surface area contributed by atoms with E-state index >= 15 is 0 Å². The number of hydrogen-bond acceptors (Lipinski definition) is 4. The van der Waals surface area contributed by atoms with Crippen molar-refractivity contribution < 1.29 is 4.74 Å². The monoisotopic (exact) mass is 256 g/mol. The van der Waals surface area contributed by atoms with E-state index in [0.29, 0.717) is 6.04 Å². The predicted molar refractivity (Wildman–Crippen MR) is 74.6 cm³/mol. The van der Waals surface area contributed by atoms with Crippen molar-refractivity contribution in [1.29, 1.82) is 0 Å². The topological polar surface area (TPSA) is 24.5 Å². The van der Waals surface area contributed by atoms with Crippen LogP contribution in [0, 0.1) is 0 Å². The Bertz CT molecular complexity index is 277. The first kappa shape index (κ1) is 14.6. The minimum Gasteiger partial charge on any atom is -0.385 e. The summed E-state index contributed by atoms with van der Waals surface area (Å²) >= 11 is 1.82. The first-order valence-corrected chi connectivity index (χ1v) is 7.04. The van der Waals surface area contributed by atoms with Crippen molar-refractivity contribution in [3.63, 3.8) is 0 Å². The molecule has 1 unspecified atom stereocenters. The van der Waals surface area contributed by atoms with E-state index in [2.05, 4.69) is 41.7 Å². The second-order valence-corrected chi connectivity index (χ2v) is 5.43. The van der Waals surface area contributed by atoms with E-state index in [1.165, 1.54) is 4.88 Å². The van der Waals surface area contributed by atoms with Gasteiger partial charge in [-0.1, -0.05) is 6.07 Å². The number of likely N-dealkylation sites (N-methyl/N-ethyl adjacent to an activating group) is 1. The van der Waals surface area contributed by atoms with Crippen LogP contribution < -0.4 is 5.32 Å². The van der Waals surface area contributed by atoms with Crippen molar-refractivity contribution in [2.75, 3.05) is 33.9 Å². The first-order valence-electron chi connectivity index (χ1n) is 6.16. The number of methoxy groups -OCH3 is 1. The van der Waals surface area contributed by atoms with Gasteiger partial charge in [-0.15, -0.1) is 11.3 Å². The number of hydrogen-bond donors (Lipinski definition) is 1. The van der Waals surface area contributed by atoms with Crippen LogP contribution in [0.5, 0.6) is 0 Å². The third-order valence-electron chi connectivity index (χ3n) is 2.88. The summed E-state index contributed by atoms with van der Waals surface area (Å²) in [6, 6.07) is 4.86. The molecule has 1 aromatic rings. The van der Waals surface area contributed by atoms with Gasteiger partial charge in [-0.05, 0) is 38.4 Å². The van der Waals surface area contributed by atoms with Gasteiger partial charge in [0.15, 0.2) is 0 Å². The van der Waals surface area contributed by atoms with E-state index in [9.17, 15) is 0 Å². The molecule has 3 nitrogen and oxygen atoms in total. The highest BCUT2D eigenvalue weighted by Gasteiger charge is 2.09. The molecule has 1 aromatic heterocycles. The summed E-state index contributed by atoms with van der Waals surface area (Å²) in [5, 5.41) is 5.60. The summed E-state index contributed by atoms with van der Waals surface area (Å²) in [5.41, 5.74) is 0. The van der Waals surface area contributed by atoms with Gasteiger partial charge < -0.3 is 10.1 Å². The zero-order chi connectivity index (χ0) is 12.5. The molecule has 0 spiro atoms. The molecule has 0 bridgehead atoms. The lowest BCUT2D eigenvalue weighted by molar-refractivity contribution is 0.191. The van der Waals surface area contributed by atoms with Gasteiger partial charge in [0.05, 0.1) is 0 Å². The Kier molecular flexibility index (Phi) is 7.44. The number of ether oxygens (including phenoxy) is 1. The van der Waals surface area contributed by atoms with Crippen molar-refractivity contribution in [1.82, 2.24) is 10.2 Å². The number of nitrogens with zero attached hydrogens (tertiary/aromatic N) is 1. The molecule has 1 heterocycles. The van der Waals surface area contributed by atoms with Crippen LogP contribution in [0.15, 0.2) is 17.5 Å². The predicted octanol–water partition coefficient (Wildman–Crippen LogP) is 2.19. The third kappa shape index (κ3) is 6.17. The van der Waals surface area contributed by atoms with E-state index in [1.54, 1.807) is 7.11 Å². The van der Waals surface area contributed by atoms with Crippen LogP contribution in [0.4, 0.5) is 0 Å². The molecule has 0 saturated heterocycles. The van der Waals surface area contributed by atoms with Crippen LogP contribution in [0.2, 0.25) is 0 Å². The molecule has 1 rings (SSSR count). The van der Waals surface area contributed by atoms with E-state index in [1.807, 2.05) is 11.3 Å². The third-order valence-corrected chi connectivity index (χ3v) is 3.74. The zero-order valence-corrected chi connectivity index (χ0v) is 11.9. The Morgan fingerprint density at radius 2 is 2.35 bits per heavy atom. The molecule has 0 saturated carbocycles. The highest BCUT2D eigenvalue weighted by atomic mass is 32.1. The highest BCUT2D eigenvalue weighted by molar-refractivity contribution is 7.09. The summed E-state index contributed by atoms with van der Waals surface area (Å²) in [4.78, 5) is 3.81. The summed E-state index contributed by atoms with van der Waals surface area (Å²) in [6.07, 6.45) is 1.08. The second-order valence-electron chi connectivity index (χ2n) is 4.39. The minimum absolute atomic E-state index is 0.555. The lowest BCUT2D eigenvalue weighted by Gasteiger charge is -2.24. The highest BCUT2D eigenvalue weighted by Crippen LogP contribution is 2.12. The van der Waals surface area contributed by atoms with E-state index in [4.69, 9.17) is 4.74 Å². The molecule has 0 fully saturated rings. The molecular formula is C13H24N2OS. The second kappa shape index (κ2) is 8.64. The summed E-state index contributed by atoms with van der Waals surface area (Å²) in [6.45, 7) is 6.21.